The predicted molar refractivity (Wildman–Crippen MR) is 96.5 cm³/mol. The van der Waals surface area contributed by atoms with Gasteiger partial charge in [-0.2, -0.15) is 0 Å². The van der Waals surface area contributed by atoms with Gasteiger partial charge < -0.3 is 9.64 Å². The largest absolute Gasteiger partial charge is 0.364 e. The maximum atomic E-state index is 13.3. The standard InChI is InChI=1S/C21H20ClNO2/c22-17-7-5-16(6-8-17)20(9-10-20)19(24)23-12-11-21(14-23)18-4-2-1-3-15(18)13-25-21/h1-8H,9-14H2. The van der Waals surface area contributed by atoms with Crippen LogP contribution in [0.25, 0.3) is 0 Å². The van der Waals surface area contributed by atoms with Crippen LogP contribution in [0.15, 0.2) is 48.5 Å². The molecule has 2 aromatic carbocycles. The van der Waals surface area contributed by atoms with Gasteiger partial charge in [0.1, 0.15) is 5.60 Å². The molecule has 4 heteroatoms. The molecular weight excluding hydrogens is 334 g/mol. The van der Waals surface area contributed by atoms with Gasteiger partial charge in [-0.1, -0.05) is 48.0 Å². The van der Waals surface area contributed by atoms with E-state index in [1.165, 1.54) is 11.1 Å². The highest BCUT2D eigenvalue weighted by atomic mass is 35.5. The van der Waals surface area contributed by atoms with Crippen LogP contribution in [0.4, 0.5) is 0 Å². The van der Waals surface area contributed by atoms with Crippen molar-refractivity contribution in [3.63, 3.8) is 0 Å². The minimum absolute atomic E-state index is 0.250. The number of halogens is 1. The van der Waals surface area contributed by atoms with E-state index in [4.69, 9.17) is 16.3 Å². The van der Waals surface area contributed by atoms with Crippen LogP contribution in [-0.2, 0) is 27.2 Å². The molecule has 2 aliphatic heterocycles. The quantitative estimate of drug-likeness (QED) is 0.815. The summed E-state index contributed by atoms with van der Waals surface area (Å²) in [5, 5.41) is 0.711. The molecule has 0 radical (unpaired) electrons. The number of benzene rings is 2. The van der Waals surface area contributed by atoms with Crippen LogP contribution in [0, 0.1) is 0 Å². The highest BCUT2D eigenvalue weighted by Crippen LogP contribution is 2.52. The Bertz CT molecular complexity index is 843. The topological polar surface area (TPSA) is 29.5 Å². The first-order valence-corrected chi connectivity index (χ1v) is 9.29. The van der Waals surface area contributed by atoms with Crippen molar-refractivity contribution in [3.8, 4) is 0 Å². The lowest BCUT2D eigenvalue weighted by molar-refractivity contribution is -0.134. The molecule has 3 aliphatic rings. The zero-order chi connectivity index (χ0) is 17.1. The van der Waals surface area contributed by atoms with Crippen molar-refractivity contribution < 1.29 is 9.53 Å². The number of ether oxygens (including phenoxy) is 1. The Kier molecular flexibility index (Phi) is 3.28. The monoisotopic (exact) mass is 353 g/mol. The molecule has 1 saturated heterocycles. The Morgan fingerprint density at radius 1 is 1.04 bits per heavy atom. The molecule has 3 nitrogen and oxygen atoms in total. The Labute approximate surface area is 152 Å². The number of hydrogen-bond acceptors (Lipinski definition) is 2. The summed E-state index contributed by atoms with van der Waals surface area (Å²) < 4.78 is 6.20. The van der Waals surface area contributed by atoms with Gasteiger partial charge in [0.25, 0.3) is 0 Å². The molecule has 1 amide bonds. The Hall–Kier alpha value is -1.84. The molecule has 2 aromatic rings. The maximum Gasteiger partial charge on any atom is 0.233 e. The van der Waals surface area contributed by atoms with Gasteiger partial charge >= 0.3 is 0 Å². The van der Waals surface area contributed by atoms with E-state index in [1.54, 1.807) is 0 Å². The van der Waals surface area contributed by atoms with Gasteiger partial charge in [0.15, 0.2) is 0 Å². The summed E-state index contributed by atoms with van der Waals surface area (Å²) in [6.07, 6.45) is 2.73. The van der Waals surface area contributed by atoms with Crippen LogP contribution in [0.3, 0.4) is 0 Å². The number of hydrogen-bond donors (Lipinski definition) is 0. The first-order chi connectivity index (χ1) is 12.1. The van der Waals surface area contributed by atoms with E-state index in [0.717, 1.165) is 31.4 Å². The molecule has 2 fully saturated rings. The van der Waals surface area contributed by atoms with Crippen molar-refractivity contribution in [1.29, 1.82) is 0 Å². The minimum atomic E-state index is -0.339. The van der Waals surface area contributed by atoms with Crippen molar-refractivity contribution >= 4 is 17.5 Å². The Balaban J connectivity index is 1.41. The van der Waals surface area contributed by atoms with Crippen molar-refractivity contribution in [3.05, 3.63) is 70.2 Å². The predicted octanol–water partition coefficient (Wildman–Crippen LogP) is 4.03. The number of fused-ring (bicyclic) bond motifs is 2. The summed E-state index contributed by atoms with van der Waals surface area (Å²) >= 11 is 6.01. The second-order valence-corrected chi connectivity index (χ2v) is 7.94. The molecule has 0 N–H and O–H groups in total. The van der Waals surface area contributed by atoms with Crippen LogP contribution in [-0.4, -0.2) is 23.9 Å². The zero-order valence-electron chi connectivity index (χ0n) is 14.0. The molecule has 1 aliphatic carbocycles. The highest BCUT2D eigenvalue weighted by Gasteiger charge is 2.56. The first kappa shape index (κ1) is 15.4. The lowest BCUT2D eigenvalue weighted by Gasteiger charge is -2.27. The molecule has 0 aromatic heterocycles. The number of rotatable bonds is 2. The molecule has 128 valence electrons. The molecule has 1 atom stereocenters. The third-order valence-electron chi connectivity index (χ3n) is 6.09. The summed E-state index contributed by atoms with van der Waals surface area (Å²) in [7, 11) is 0. The molecule has 25 heavy (non-hydrogen) atoms. The minimum Gasteiger partial charge on any atom is -0.364 e. The summed E-state index contributed by atoms with van der Waals surface area (Å²) in [5.41, 5.74) is 2.98. The summed E-state index contributed by atoms with van der Waals surface area (Å²) in [5.74, 6) is 0.250. The van der Waals surface area contributed by atoms with Crippen LogP contribution in [0.5, 0.6) is 0 Å². The van der Waals surface area contributed by atoms with Crippen molar-refractivity contribution in [2.24, 2.45) is 0 Å². The number of carbonyl (C=O) groups excluding carboxylic acids is 1. The Morgan fingerprint density at radius 2 is 1.80 bits per heavy atom. The maximum absolute atomic E-state index is 13.3. The SMILES string of the molecule is O=C(N1CCC2(C1)OCc1ccccc12)C1(c2ccc(Cl)cc2)CC1. The van der Waals surface area contributed by atoms with E-state index in [-0.39, 0.29) is 16.9 Å². The normalized spacial score (nSPS) is 26.0. The van der Waals surface area contributed by atoms with Crippen LogP contribution < -0.4 is 0 Å². The molecule has 1 spiro atoms. The number of amides is 1. The van der Waals surface area contributed by atoms with Crippen molar-refractivity contribution in [1.82, 2.24) is 4.90 Å². The van der Waals surface area contributed by atoms with Crippen molar-refractivity contribution in [2.45, 2.75) is 36.9 Å². The van der Waals surface area contributed by atoms with Gasteiger partial charge in [-0.25, -0.2) is 0 Å². The van der Waals surface area contributed by atoms with Gasteiger partial charge in [0, 0.05) is 11.6 Å². The molecule has 5 rings (SSSR count). The van der Waals surface area contributed by atoms with E-state index >= 15 is 0 Å². The summed E-state index contributed by atoms with van der Waals surface area (Å²) in [6.45, 7) is 2.08. The highest BCUT2D eigenvalue weighted by molar-refractivity contribution is 6.30. The smallest absolute Gasteiger partial charge is 0.233 e. The number of carbonyl (C=O) groups is 1. The van der Waals surface area contributed by atoms with Crippen LogP contribution >= 0.6 is 11.6 Å². The fraction of sp³-hybridized carbons (Fsp3) is 0.381. The van der Waals surface area contributed by atoms with Crippen LogP contribution in [0.1, 0.15) is 36.0 Å². The number of nitrogens with zero attached hydrogens (tertiary/aromatic N) is 1. The van der Waals surface area contributed by atoms with Crippen molar-refractivity contribution in [2.75, 3.05) is 13.1 Å². The third-order valence-corrected chi connectivity index (χ3v) is 6.34. The van der Waals surface area contributed by atoms with Gasteiger partial charge in [0.2, 0.25) is 5.91 Å². The van der Waals surface area contributed by atoms with Gasteiger partial charge in [0.05, 0.1) is 18.6 Å². The van der Waals surface area contributed by atoms with Crippen LogP contribution in [0.2, 0.25) is 5.02 Å². The molecule has 2 heterocycles. The summed E-state index contributed by atoms with van der Waals surface area (Å²) in [4.78, 5) is 15.3. The fourth-order valence-corrected chi connectivity index (χ4v) is 4.63. The number of likely N-dealkylation sites (tertiary alicyclic amines) is 1. The van der Waals surface area contributed by atoms with E-state index < -0.39 is 0 Å². The van der Waals surface area contributed by atoms with E-state index in [0.29, 0.717) is 18.2 Å². The molecule has 1 unspecified atom stereocenters. The van der Waals surface area contributed by atoms with Gasteiger partial charge in [-0.15, -0.1) is 0 Å². The zero-order valence-corrected chi connectivity index (χ0v) is 14.8. The first-order valence-electron chi connectivity index (χ1n) is 8.91. The molecule has 1 saturated carbocycles. The lowest BCUT2D eigenvalue weighted by Crippen LogP contribution is -2.40. The average molecular weight is 354 g/mol. The van der Waals surface area contributed by atoms with E-state index in [2.05, 4.69) is 24.3 Å². The Morgan fingerprint density at radius 3 is 2.56 bits per heavy atom. The van der Waals surface area contributed by atoms with Gasteiger partial charge in [-0.3, -0.25) is 4.79 Å². The van der Waals surface area contributed by atoms with Gasteiger partial charge in [-0.05, 0) is 48.1 Å². The molecule has 0 bridgehead atoms. The average Bonchev–Trinajstić information content (AvgIpc) is 3.22. The fourth-order valence-electron chi connectivity index (χ4n) is 4.50. The van der Waals surface area contributed by atoms with E-state index in [1.807, 2.05) is 29.2 Å². The lowest BCUT2D eigenvalue weighted by atomic mass is 9.91. The second-order valence-electron chi connectivity index (χ2n) is 7.51. The summed E-state index contributed by atoms with van der Waals surface area (Å²) in [6, 6.07) is 16.2. The second kappa shape index (κ2) is 5.33. The third kappa shape index (κ3) is 2.26. The molecular formula is C21H20ClNO2. The van der Waals surface area contributed by atoms with E-state index in [9.17, 15) is 4.79 Å².